The molecular formula is C14H19N3O4. The molecule has 7 heteroatoms. The number of nitrogens with one attached hydrogen (secondary N) is 1. The number of nitrogens with two attached hydrogens (primary N) is 1. The van der Waals surface area contributed by atoms with Crippen LogP contribution in [0.25, 0.3) is 0 Å². The first-order chi connectivity index (χ1) is 9.63. The van der Waals surface area contributed by atoms with Crippen LogP contribution in [-0.2, 0) is 9.59 Å². The number of carbonyl (C=O) groups is 3. The van der Waals surface area contributed by atoms with Crippen molar-refractivity contribution < 1.29 is 19.5 Å². The van der Waals surface area contributed by atoms with Gasteiger partial charge in [0.1, 0.15) is 12.1 Å². The number of amides is 3. The fourth-order valence-electron chi connectivity index (χ4n) is 1.54. The number of hydrogen-bond acceptors (Lipinski definition) is 3. The van der Waals surface area contributed by atoms with E-state index in [2.05, 4.69) is 5.32 Å². The number of carbonyl (C=O) groups excluding carboxylic acids is 2. The van der Waals surface area contributed by atoms with Gasteiger partial charge in [-0.25, -0.2) is 4.79 Å². The third-order valence-corrected chi connectivity index (χ3v) is 2.92. The monoisotopic (exact) mass is 293 g/mol. The smallest absolute Gasteiger partial charge is 0.323 e. The van der Waals surface area contributed by atoms with Crippen LogP contribution in [0.3, 0.4) is 0 Å². The van der Waals surface area contributed by atoms with Crippen LogP contribution >= 0.6 is 0 Å². The normalized spacial score (nSPS) is 10.8. The molecule has 1 aromatic rings. The molecule has 0 aliphatic heterocycles. The molecule has 4 N–H and O–H groups in total. The number of anilines is 1. The Kier molecular flexibility index (Phi) is 4.91. The highest BCUT2D eigenvalue weighted by atomic mass is 16.4. The van der Waals surface area contributed by atoms with Gasteiger partial charge < -0.3 is 16.2 Å². The van der Waals surface area contributed by atoms with E-state index in [0.717, 1.165) is 10.5 Å². The molecule has 114 valence electrons. The number of aliphatic carboxylic acids is 1. The van der Waals surface area contributed by atoms with Crippen LogP contribution in [0.1, 0.15) is 19.4 Å². The van der Waals surface area contributed by atoms with Crippen LogP contribution in [0.4, 0.5) is 10.5 Å². The number of rotatable bonds is 5. The molecule has 7 nitrogen and oxygen atoms in total. The van der Waals surface area contributed by atoms with E-state index in [1.807, 2.05) is 6.92 Å². The lowest BCUT2D eigenvalue weighted by atomic mass is 10.1. The second-order valence-electron chi connectivity index (χ2n) is 5.23. The summed E-state index contributed by atoms with van der Waals surface area (Å²) in [6.07, 6.45) is 0. The minimum Gasteiger partial charge on any atom is -0.480 e. The van der Waals surface area contributed by atoms with Gasteiger partial charge in [0.2, 0.25) is 5.91 Å². The summed E-state index contributed by atoms with van der Waals surface area (Å²) in [6.45, 7) is 4.24. The lowest BCUT2D eigenvalue weighted by Gasteiger charge is -2.28. The standard InChI is InChI=1S/C14H19N3O4/c1-9-4-6-10(7-5-9)17(8-11(18)19)13(21)16-14(2,3)12(15)20/h4-7H,8H2,1-3H3,(H2,15,20)(H,16,21)(H,18,19). The zero-order chi connectivity index (χ0) is 16.2. The van der Waals surface area contributed by atoms with E-state index in [1.54, 1.807) is 24.3 Å². The van der Waals surface area contributed by atoms with Crippen molar-refractivity contribution in [2.24, 2.45) is 5.73 Å². The van der Waals surface area contributed by atoms with Gasteiger partial charge in [-0.05, 0) is 32.9 Å². The molecule has 0 atom stereocenters. The van der Waals surface area contributed by atoms with Crippen LogP contribution in [0, 0.1) is 6.92 Å². The third kappa shape index (κ3) is 4.48. The van der Waals surface area contributed by atoms with E-state index >= 15 is 0 Å². The highest BCUT2D eigenvalue weighted by molar-refractivity contribution is 5.99. The number of primary amides is 1. The van der Waals surface area contributed by atoms with Crippen LogP contribution < -0.4 is 16.0 Å². The predicted octanol–water partition coefficient (Wildman–Crippen LogP) is 0.860. The maximum absolute atomic E-state index is 12.2. The summed E-state index contributed by atoms with van der Waals surface area (Å²) in [5, 5.41) is 11.4. The first-order valence-corrected chi connectivity index (χ1v) is 6.31. The Morgan fingerprint density at radius 3 is 2.19 bits per heavy atom. The molecular weight excluding hydrogens is 274 g/mol. The fraction of sp³-hybridized carbons (Fsp3) is 0.357. The Balaban J connectivity index is 3.02. The molecule has 0 aliphatic rings. The highest BCUT2D eigenvalue weighted by Gasteiger charge is 2.30. The fourth-order valence-corrected chi connectivity index (χ4v) is 1.54. The van der Waals surface area contributed by atoms with Gasteiger partial charge in [0.15, 0.2) is 0 Å². The maximum atomic E-state index is 12.2. The number of benzene rings is 1. The Bertz CT molecular complexity index is 552. The molecule has 0 saturated heterocycles. The molecule has 0 spiro atoms. The average Bonchev–Trinajstić information content (AvgIpc) is 2.36. The summed E-state index contributed by atoms with van der Waals surface area (Å²) in [6, 6.07) is 6.09. The van der Waals surface area contributed by atoms with Crippen molar-refractivity contribution in [2.45, 2.75) is 26.3 Å². The third-order valence-electron chi connectivity index (χ3n) is 2.92. The van der Waals surface area contributed by atoms with Gasteiger partial charge in [-0.3, -0.25) is 14.5 Å². The largest absolute Gasteiger partial charge is 0.480 e. The zero-order valence-corrected chi connectivity index (χ0v) is 12.2. The zero-order valence-electron chi connectivity index (χ0n) is 12.2. The van der Waals surface area contributed by atoms with Gasteiger partial charge in [0.25, 0.3) is 0 Å². The van der Waals surface area contributed by atoms with E-state index in [1.165, 1.54) is 13.8 Å². The number of carboxylic acids is 1. The minimum atomic E-state index is -1.28. The second-order valence-corrected chi connectivity index (χ2v) is 5.23. The van der Waals surface area contributed by atoms with Gasteiger partial charge in [-0.15, -0.1) is 0 Å². The summed E-state index contributed by atoms with van der Waals surface area (Å²) in [4.78, 5) is 35.5. The average molecular weight is 293 g/mol. The molecule has 0 bridgehead atoms. The second kappa shape index (κ2) is 6.25. The number of aryl methyl sites for hydroxylation is 1. The SMILES string of the molecule is Cc1ccc(N(CC(=O)O)C(=O)NC(C)(C)C(N)=O)cc1. The van der Waals surface area contributed by atoms with Gasteiger partial charge in [-0.1, -0.05) is 17.7 Å². The number of hydrogen-bond donors (Lipinski definition) is 3. The summed E-state index contributed by atoms with van der Waals surface area (Å²) in [5.41, 5.74) is 5.31. The van der Waals surface area contributed by atoms with Gasteiger partial charge in [-0.2, -0.15) is 0 Å². The summed E-state index contributed by atoms with van der Waals surface area (Å²) in [5.74, 6) is -1.88. The lowest BCUT2D eigenvalue weighted by molar-refractivity contribution is -0.135. The number of urea groups is 1. The lowest BCUT2D eigenvalue weighted by Crippen LogP contribution is -2.57. The van der Waals surface area contributed by atoms with E-state index in [0.29, 0.717) is 5.69 Å². The first kappa shape index (κ1) is 16.5. The highest BCUT2D eigenvalue weighted by Crippen LogP contribution is 2.16. The van der Waals surface area contributed by atoms with E-state index in [-0.39, 0.29) is 0 Å². The Hall–Kier alpha value is -2.57. The molecule has 0 aliphatic carbocycles. The molecule has 1 rings (SSSR count). The van der Waals surface area contributed by atoms with Gasteiger partial charge in [0.05, 0.1) is 0 Å². The molecule has 0 aromatic heterocycles. The summed E-state index contributed by atoms with van der Waals surface area (Å²) >= 11 is 0. The molecule has 3 amide bonds. The topological polar surface area (TPSA) is 113 Å². The van der Waals surface area contributed by atoms with Crippen molar-refractivity contribution in [1.82, 2.24) is 5.32 Å². The van der Waals surface area contributed by atoms with Crippen molar-refractivity contribution in [3.8, 4) is 0 Å². The van der Waals surface area contributed by atoms with Gasteiger partial charge >= 0.3 is 12.0 Å². The van der Waals surface area contributed by atoms with Crippen molar-refractivity contribution in [2.75, 3.05) is 11.4 Å². The Morgan fingerprint density at radius 2 is 1.76 bits per heavy atom. The quantitative estimate of drug-likeness (QED) is 0.747. The number of carboxylic acid groups (broad SMARTS) is 1. The molecule has 21 heavy (non-hydrogen) atoms. The molecule has 0 heterocycles. The van der Waals surface area contributed by atoms with E-state index < -0.39 is 30.0 Å². The molecule has 0 fully saturated rings. The maximum Gasteiger partial charge on any atom is 0.323 e. The summed E-state index contributed by atoms with van der Waals surface area (Å²) in [7, 11) is 0. The van der Waals surface area contributed by atoms with Crippen LogP contribution in [-0.4, -0.2) is 35.1 Å². The Morgan fingerprint density at radius 1 is 1.24 bits per heavy atom. The molecule has 0 saturated carbocycles. The van der Waals surface area contributed by atoms with Crippen molar-refractivity contribution >= 4 is 23.6 Å². The molecule has 1 aromatic carbocycles. The van der Waals surface area contributed by atoms with Crippen LogP contribution in [0.5, 0.6) is 0 Å². The van der Waals surface area contributed by atoms with Crippen LogP contribution in [0.2, 0.25) is 0 Å². The van der Waals surface area contributed by atoms with E-state index in [4.69, 9.17) is 10.8 Å². The first-order valence-electron chi connectivity index (χ1n) is 6.31. The predicted molar refractivity (Wildman–Crippen MR) is 78.0 cm³/mol. The molecule has 0 radical (unpaired) electrons. The van der Waals surface area contributed by atoms with Gasteiger partial charge in [0, 0.05) is 5.69 Å². The minimum absolute atomic E-state index is 0.417. The number of nitrogens with zero attached hydrogens (tertiary/aromatic N) is 1. The summed E-state index contributed by atoms with van der Waals surface area (Å²) < 4.78 is 0. The van der Waals surface area contributed by atoms with Crippen molar-refractivity contribution in [3.05, 3.63) is 29.8 Å². The van der Waals surface area contributed by atoms with E-state index in [9.17, 15) is 14.4 Å². The molecule has 0 unspecified atom stereocenters. The van der Waals surface area contributed by atoms with Crippen LogP contribution in [0.15, 0.2) is 24.3 Å². The van der Waals surface area contributed by atoms with Crippen molar-refractivity contribution in [3.63, 3.8) is 0 Å². The Labute approximate surface area is 122 Å². The van der Waals surface area contributed by atoms with Crippen molar-refractivity contribution in [1.29, 1.82) is 0 Å².